The highest BCUT2D eigenvalue weighted by molar-refractivity contribution is 5.38. The predicted octanol–water partition coefficient (Wildman–Crippen LogP) is 2.55. The number of aliphatic hydroxyl groups is 1. The molecule has 1 aromatic rings. The van der Waals surface area contributed by atoms with Crippen molar-refractivity contribution in [3.05, 3.63) is 29.3 Å². The Morgan fingerprint density at radius 3 is 2.65 bits per heavy atom. The van der Waals surface area contributed by atoms with E-state index in [-0.39, 0.29) is 12.6 Å². The molecule has 17 heavy (non-hydrogen) atoms. The van der Waals surface area contributed by atoms with Crippen molar-refractivity contribution >= 4 is 0 Å². The summed E-state index contributed by atoms with van der Waals surface area (Å²) in [6.07, 6.45) is 0.659. The summed E-state index contributed by atoms with van der Waals surface area (Å²) in [5.74, 6) is 0.763. The fourth-order valence-electron chi connectivity index (χ4n) is 1.49. The highest BCUT2D eigenvalue weighted by Gasteiger charge is 2.19. The first-order valence-corrected chi connectivity index (χ1v) is 6.07. The van der Waals surface area contributed by atoms with Crippen molar-refractivity contribution in [3.8, 4) is 5.75 Å². The third-order valence-corrected chi connectivity index (χ3v) is 2.96. The number of hydrogen-bond donors (Lipinski definition) is 2. The van der Waals surface area contributed by atoms with Gasteiger partial charge in [0.25, 0.3) is 0 Å². The Balaban J connectivity index is 2.84. The van der Waals surface area contributed by atoms with Crippen LogP contribution in [0.5, 0.6) is 5.75 Å². The van der Waals surface area contributed by atoms with Gasteiger partial charge in [0.1, 0.15) is 12.4 Å². The van der Waals surface area contributed by atoms with E-state index in [0.717, 1.165) is 16.9 Å². The molecule has 0 aliphatic rings. The molecule has 0 saturated carbocycles. The highest BCUT2D eigenvalue weighted by Crippen LogP contribution is 2.26. The Hall–Kier alpha value is -1.06. The second kappa shape index (κ2) is 5.52. The molecular weight excluding hydrogens is 214 g/mol. The SMILES string of the molecule is CCC(C)(O)COc1ccc(C)cc1C(C)N. The normalized spacial score (nSPS) is 16.4. The average Bonchev–Trinajstić information content (AvgIpc) is 2.27. The predicted molar refractivity (Wildman–Crippen MR) is 70.2 cm³/mol. The van der Waals surface area contributed by atoms with E-state index in [1.165, 1.54) is 0 Å². The standard InChI is InChI=1S/C14H23NO2/c1-5-14(4,16)9-17-13-7-6-10(2)8-12(13)11(3)15/h6-8,11,16H,5,9,15H2,1-4H3. The molecule has 3 heteroatoms. The zero-order valence-corrected chi connectivity index (χ0v) is 11.2. The van der Waals surface area contributed by atoms with Crippen LogP contribution in [0, 0.1) is 6.92 Å². The lowest BCUT2D eigenvalue weighted by Gasteiger charge is -2.23. The van der Waals surface area contributed by atoms with Crippen LogP contribution < -0.4 is 10.5 Å². The van der Waals surface area contributed by atoms with Crippen molar-refractivity contribution in [1.82, 2.24) is 0 Å². The van der Waals surface area contributed by atoms with E-state index in [0.29, 0.717) is 6.42 Å². The molecule has 3 nitrogen and oxygen atoms in total. The molecule has 0 fully saturated rings. The summed E-state index contributed by atoms with van der Waals surface area (Å²) >= 11 is 0. The van der Waals surface area contributed by atoms with E-state index in [2.05, 4.69) is 0 Å². The third kappa shape index (κ3) is 4.02. The van der Waals surface area contributed by atoms with Crippen molar-refractivity contribution in [2.75, 3.05) is 6.61 Å². The zero-order valence-electron chi connectivity index (χ0n) is 11.2. The Bertz CT molecular complexity index is 372. The zero-order chi connectivity index (χ0) is 13.1. The van der Waals surface area contributed by atoms with Crippen LogP contribution in [0.1, 0.15) is 44.4 Å². The average molecular weight is 237 g/mol. The number of aryl methyl sites for hydroxylation is 1. The van der Waals surface area contributed by atoms with Gasteiger partial charge in [0.2, 0.25) is 0 Å². The fraction of sp³-hybridized carbons (Fsp3) is 0.571. The van der Waals surface area contributed by atoms with Crippen molar-refractivity contribution in [2.24, 2.45) is 5.73 Å². The van der Waals surface area contributed by atoms with Crippen LogP contribution in [0.25, 0.3) is 0 Å². The smallest absolute Gasteiger partial charge is 0.124 e. The monoisotopic (exact) mass is 237 g/mol. The minimum Gasteiger partial charge on any atom is -0.490 e. The van der Waals surface area contributed by atoms with Gasteiger partial charge < -0.3 is 15.6 Å². The molecule has 0 saturated heterocycles. The Morgan fingerprint density at radius 2 is 2.12 bits per heavy atom. The van der Waals surface area contributed by atoms with Crippen molar-refractivity contribution < 1.29 is 9.84 Å². The quantitative estimate of drug-likeness (QED) is 0.827. The lowest BCUT2D eigenvalue weighted by molar-refractivity contribution is 0.00810. The van der Waals surface area contributed by atoms with Crippen LogP contribution in [0.15, 0.2) is 18.2 Å². The molecule has 0 bridgehead atoms. The topological polar surface area (TPSA) is 55.5 Å². The Kier molecular flexibility index (Phi) is 4.54. The summed E-state index contributed by atoms with van der Waals surface area (Å²) in [5, 5.41) is 9.91. The molecule has 0 radical (unpaired) electrons. The van der Waals surface area contributed by atoms with E-state index >= 15 is 0 Å². The van der Waals surface area contributed by atoms with E-state index in [1.54, 1.807) is 6.92 Å². The minimum atomic E-state index is -0.792. The molecule has 0 aromatic heterocycles. The van der Waals surface area contributed by atoms with Gasteiger partial charge in [0.15, 0.2) is 0 Å². The van der Waals surface area contributed by atoms with Crippen LogP contribution in [0.4, 0.5) is 0 Å². The van der Waals surface area contributed by atoms with Crippen LogP contribution in [0.3, 0.4) is 0 Å². The molecule has 2 atom stereocenters. The van der Waals surface area contributed by atoms with Gasteiger partial charge >= 0.3 is 0 Å². The molecule has 0 amide bonds. The van der Waals surface area contributed by atoms with E-state index < -0.39 is 5.60 Å². The molecular formula is C14H23NO2. The van der Waals surface area contributed by atoms with Gasteiger partial charge in [-0.25, -0.2) is 0 Å². The van der Waals surface area contributed by atoms with E-state index in [9.17, 15) is 5.11 Å². The molecule has 0 aliphatic carbocycles. The number of nitrogens with two attached hydrogens (primary N) is 1. The van der Waals surface area contributed by atoms with Gasteiger partial charge in [-0.2, -0.15) is 0 Å². The van der Waals surface area contributed by atoms with E-state index in [4.69, 9.17) is 10.5 Å². The van der Waals surface area contributed by atoms with E-state index in [1.807, 2.05) is 39.0 Å². The van der Waals surface area contributed by atoms with Gasteiger partial charge in [-0.1, -0.05) is 24.6 Å². The summed E-state index contributed by atoms with van der Waals surface area (Å²) in [4.78, 5) is 0. The van der Waals surface area contributed by atoms with Gasteiger partial charge in [-0.3, -0.25) is 0 Å². The minimum absolute atomic E-state index is 0.0727. The van der Waals surface area contributed by atoms with Gasteiger partial charge in [-0.05, 0) is 33.3 Å². The van der Waals surface area contributed by atoms with Crippen molar-refractivity contribution in [3.63, 3.8) is 0 Å². The lowest BCUT2D eigenvalue weighted by Crippen LogP contribution is -2.31. The van der Waals surface area contributed by atoms with Crippen LogP contribution in [-0.2, 0) is 0 Å². The Morgan fingerprint density at radius 1 is 1.47 bits per heavy atom. The molecule has 0 spiro atoms. The molecule has 2 unspecified atom stereocenters. The number of hydrogen-bond acceptors (Lipinski definition) is 3. The van der Waals surface area contributed by atoms with Gasteiger partial charge in [0.05, 0.1) is 5.60 Å². The Labute approximate surface area is 104 Å². The molecule has 0 aliphatic heterocycles. The lowest BCUT2D eigenvalue weighted by atomic mass is 10.0. The maximum Gasteiger partial charge on any atom is 0.124 e. The summed E-state index contributed by atoms with van der Waals surface area (Å²) in [7, 11) is 0. The molecule has 1 rings (SSSR count). The second-order valence-corrected chi connectivity index (χ2v) is 4.97. The third-order valence-electron chi connectivity index (χ3n) is 2.96. The maximum atomic E-state index is 9.91. The summed E-state index contributed by atoms with van der Waals surface area (Å²) < 4.78 is 5.68. The van der Waals surface area contributed by atoms with Crippen molar-refractivity contribution in [1.29, 1.82) is 0 Å². The maximum absolute atomic E-state index is 9.91. The highest BCUT2D eigenvalue weighted by atomic mass is 16.5. The molecule has 0 heterocycles. The molecule has 96 valence electrons. The van der Waals surface area contributed by atoms with Crippen LogP contribution in [0.2, 0.25) is 0 Å². The largest absolute Gasteiger partial charge is 0.490 e. The second-order valence-electron chi connectivity index (χ2n) is 4.97. The summed E-state index contributed by atoms with van der Waals surface area (Å²) in [6.45, 7) is 7.95. The van der Waals surface area contributed by atoms with Gasteiger partial charge in [-0.15, -0.1) is 0 Å². The van der Waals surface area contributed by atoms with Gasteiger partial charge in [0, 0.05) is 11.6 Å². The van der Waals surface area contributed by atoms with Crippen LogP contribution in [-0.4, -0.2) is 17.3 Å². The summed E-state index contributed by atoms with van der Waals surface area (Å²) in [6, 6.07) is 5.86. The number of benzene rings is 1. The number of rotatable bonds is 5. The first kappa shape index (κ1) is 14.0. The summed E-state index contributed by atoms with van der Waals surface area (Å²) in [5.41, 5.74) is 7.26. The van der Waals surface area contributed by atoms with Crippen molar-refractivity contribution in [2.45, 2.75) is 45.8 Å². The van der Waals surface area contributed by atoms with Crippen LogP contribution >= 0.6 is 0 Å². The molecule has 3 N–H and O–H groups in total. The molecule has 1 aromatic carbocycles. The first-order valence-electron chi connectivity index (χ1n) is 6.07. The number of ether oxygens (including phenoxy) is 1. The fourth-order valence-corrected chi connectivity index (χ4v) is 1.49. The first-order chi connectivity index (χ1) is 7.85.